The Morgan fingerprint density at radius 1 is 1.10 bits per heavy atom. The summed E-state index contributed by atoms with van der Waals surface area (Å²) in [6.45, 7) is 7.15. The molecule has 0 unspecified atom stereocenters. The lowest BCUT2D eigenvalue weighted by Crippen LogP contribution is -2.55. The minimum atomic E-state index is -0.753. The minimum Gasteiger partial charge on any atom is -0.390 e. The summed E-state index contributed by atoms with van der Waals surface area (Å²) in [5.41, 5.74) is 2.15. The SMILES string of the molecule is [2H]c1nc(Nc2cc(C)cc(N3CC(C(C)(C)O)C3)c2)nn1-c1cc(F)cc(F)c1. The van der Waals surface area contributed by atoms with Crippen molar-refractivity contribution in [2.45, 2.75) is 26.4 Å². The van der Waals surface area contributed by atoms with Gasteiger partial charge in [-0.15, -0.1) is 5.10 Å². The fourth-order valence-corrected chi connectivity index (χ4v) is 3.35. The van der Waals surface area contributed by atoms with Crippen LogP contribution in [0.5, 0.6) is 0 Å². The van der Waals surface area contributed by atoms with E-state index in [1.807, 2.05) is 32.9 Å². The summed E-state index contributed by atoms with van der Waals surface area (Å²) < 4.78 is 36.1. The molecular weight excluding hydrogens is 376 g/mol. The molecule has 0 radical (unpaired) electrons. The van der Waals surface area contributed by atoms with Gasteiger partial charge in [0, 0.05) is 36.4 Å². The normalized spacial score (nSPS) is 15.2. The summed E-state index contributed by atoms with van der Waals surface area (Å²) in [7, 11) is 0. The molecule has 1 aliphatic heterocycles. The van der Waals surface area contributed by atoms with E-state index in [-0.39, 0.29) is 23.9 Å². The predicted molar refractivity (Wildman–Crippen MR) is 108 cm³/mol. The molecule has 1 aromatic heterocycles. The predicted octanol–water partition coefficient (Wildman–Crippen LogP) is 3.80. The Balaban J connectivity index is 1.55. The summed E-state index contributed by atoms with van der Waals surface area (Å²) in [4.78, 5) is 6.22. The molecule has 0 spiro atoms. The van der Waals surface area contributed by atoms with Crippen LogP contribution in [0.25, 0.3) is 5.69 Å². The molecule has 152 valence electrons. The van der Waals surface area contributed by atoms with Crippen molar-refractivity contribution in [1.82, 2.24) is 14.8 Å². The highest BCUT2D eigenvalue weighted by atomic mass is 19.1. The largest absolute Gasteiger partial charge is 0.390 e. The average molecular weight is 400 g/mol. The van der Waals surface area contributed by atoms with Gasteiger partial charge in [-0.05, 0) is 56.7 Å². The molecule has 0 aliphatic carbocycles. The number of aliphatic hydroxyl groups is 1. The molecule has 1 aliphatic rings. The summed E-state index contributed by atoms with van der Waals surface area (Å²) >= 11 is 0. The molecule has 8 heteroatoms. The Morgan fingerprint density at radius 3 is 2.45 bits per heavy atom. The maximum atomic E-state index is 13.5. The molecule has 0 saturated carbocycles. The van der Waals surface area contributed by atoms with Crippen LogP contribution in [0.2, 0.25) is 0 Å². The zero-order valence-electron chi connectivity index (χ0n) is 17.4. The first-order valence-electron chi connectivity index (χ1n) is 9.84. The average Bonchev–Trinajstić information content (AvgIpc) is 2.91. The number of hydrogen-bond donors (Lipinski definition) is 2. The van der Waals surface area contributed by atoms with E-state index < -0.39 is 17.2 Å². The van der Waals surface area contributed by atoms with Crippen molar-refractivity contribution in [2.75, 3.05) is 23.3 Å². The van der Waals surface area contributed by atoms with E-state index in [9.17, 15) is 13.9 Å². The number of rotatable bonds is 5. The quantitative estimate of drug-likeness (QED) is 0.682. The third kappa shape index (κ3) is 4.22. The van der Waals surface area contributed by atoms with Crippen LogP contribution in [0.1, 0.15) is 20.8 Å². The maximum Gasteiger partial charge on any atom is 0.246 e. The lowest BCUT2D eigenvalue weighted by molar-refractivity contribution is 0.00460. The minimum absolute atomic E-state index is 0.0845. The van der Waals surface area contributed by atoms with Crippen LogP contribution in [0.4, 0.5) is 26.1 Å². The van der Waals surface area contributed by atoms with E-state index in [0.29, 0.717) is 0 Å². The fourth-order valence-electron chi connectivity index (χ4n) is 3.35. The molecule has 0 amide bonds. The highest BCUT2D eigenvalue weighted by molar-refractivity contribution is 5.64. The van der Waals surface area contributed by atoms with Gasteiger partial charge in [0.15, 0.2) is 0 Å². The third-order valence-electron chi connectivity index (χ3n) is 5.10. The van der Waals surface area contributed by atoms with Crippen LogP contribution >= 0.6 is 0 Å². The van der Waals surface area contributed by atoms with Gasteiger partial charge in [-0.2, -0.15) is 4.98 Å². The lowest BCUT2D eigenvalue weighted by atomic mass is 9.84. The van der Waals surface area contributed by atoms with E-state index >= 15 is 0 Å². The van der Waals surface area contributed by atoms with Gasteiger partial charge >= 0.3 is 0 Å². The Kier molecular flexibility index (Phi) is 4.43. The molecule has 0 atom stereocenters. The van der Waals surface area contributed by atoms with Crippen molar-refractivity contribution in [3.63, 3.8) is 0 Å². The lowest BCUT2D eigenvalue weighted by Gasteiger charge is -2.46. The number of benzene rings is 2. The summed E-state index contributed by atoms with van der Waals surface area (Å²) in [5.74, 6) is -1.14. The van der Waals surface area contributed by atoms with Crippen LogP contribution in [0.15, 0.2) is 42.7 Å². The van der Waals surface area contributed by atoms with Gasteiger partial charge in [0.05, 0.1) is 11.3 Å². The Bertz CT molecular complexity index is 1070. The van der Waals surface area contributed by atoms with Gasteiger partial charge in [0.25, 0.3) is 0 Å². The Morgan fingerprint density at radius 2 is 1.79 bits per heavy atom. The summed E-state index contributed by atoms with van der Waals surface area (Å²) in [5, 5.41) is 17.4. The molecule has 29 heavy (non-hydrogen) atoms. The van der Waals surface area contributed by atoms with Crippen molar-refractivity contribution in [1.29, 1.82) is 0 Å². The summed E-state index contributed by atoms with van der Waals surface area (Å²) in [6, 6.07) is 8.86. The van der Waals surface area contributed by atoms with Gasteiger partial charge in [-0.3, -0.25) is 0 Å². The first kappa shape index (κ1) is 18.1. The highest BCUT2D eigenvalue weighted by Gasteiger charge is 2.37. The molecule has 6 nitrogen and oxygen atoms in total. The third-order valence-corrected chi connectivity index (χ3v) is 5.10. The topological polar surface area (TPSA) is 66.2 Å². The smallest absolute Gasteiger partial charge is 0.246 e. The zero-order chi connectivity index (χ0) is 21.6. The Labute approximate surface area is 169 Å². The van der Waals surface area contributed by atoms with E-state index in [2.05, 4.69) is 26.4 Å². The van der Waals surface area contributed by atoms with Gasteiger partial charge in [-0.25, -0.2) is 13.5 Å². The first-order valence-corrected chi connectivity index (χ1v) is 9.34. The molecule has 2 N–H and O–H groups in total. The maximum absolute atomic E-state index is 13.5. The molecule has 1 fully saturated rings. The molecular formula is C21H23F2N5O. The fraction of sp³-hybridized carbons (Fsp3) is 0.333. The second kappa shape index (κ2) is 7.11. The van der Waals surface area contributed by atoms with E-state index in [4.69, 9.17) is 1.37 Å². The summed E-state index contributed by atoms with van der Waals surface area (Å²) in [6.07, 6.45) is -0.244. The number of aryl methyl sites for hydroxylation is 1. The second-order valence-electron chi connectivity index (χ2n) is 8.01. The van der Waals surface area contributed by atoms with Crippen molar-refractivity contribution < 1.29 is 15.3 Å². The van der Waals surface area contributed by atoms with Gasteiger partial charge in [0.2, 0.25) is 5.95 Å². The van der Waals surface area contributed by atoms with Crippen LogP contribution in [0, 0.1) is 24.5 Å². The van der Waals surface area contributed by atoms with E-state index in [0.717, 1.165) is 52.9 Å². The van der Waals surface area contributed by atoms with Crippen LogP contribution in [-0.4, -0.2) is 38.6 Å². The molecule has 3 aromatic rings. The standard InChI is InChI=1S/C21H23F2N5O/c1-13-4-17(9-18(5-13)27-10-14(11-27)21(2,3)29)25-20-24-12-28(26-20)19-7-15(22)6-16(23)8-19/h4-9,12,14,29H,10-11H2,1-3H3,(H,25,26)/i12D. The van der Waals surface area contributed by atoms with Crippen LogP contribution in [0.3, 0.4) is 0 Å². The number of anilines is 3. The Hall–Kier alpha value is -3.00. The van der Waals surface area contributed by atoms with Crippen molar-refractivity contribution in [3.8, 4) is 5.69 Å². The number of nitrogens with zero attached hydrogens (tertiary/aromatic N) is 4. The van der Waals surface area contributed by atoms with Crippen molar-refractivity contribution >= 4 is 17.3 Å². The molecule has 0 bridgehead atoms. The van der Waals surface area contributed by atoms with Gasteiger partial charge in [-0.1, -0.05) is 0 Å². The zero-order valence-corrected chi connectivity index (χ0v) is 16.4. The van der Waals surface area contributed by atoms with Gasteiger partial charge in [0.1, 0.15) is 19.3 Å². The van der Waals surface area contributed by atoms with Crippen LogP contribution in [-0.2, 0) is 0 Å². The second-order valence-corrected chi connectivity index (χ2v) is 8.01. The van der Waals surface area contributed by atoms with Gasteiger partial charge < -0.3 is 15.3 Å². The molecule has 2 heterocycles. The first-order chi connectivity index (χ1) is 14.1. The number of hydrogen-bond acceptors (Lipinski definition) is 5. The monoisotopic (exact) mass is 400 g/mol. The van der Waals surface area contributed by atoms with Crippen molar-refractivity contribution in [3.05, 3.63) is 59.9 Å². The van der Waals surface area contributed by atoms with Crippen LogP contribution < -0.4 is 10.2 Å². The van der Waals surface area contributed by atoms with Crippen molar-refractivity contribution in [2.24, 2.45) is 5.92 Å². The number of aromatic nitrogens is 3. The molecule has 2 aromatic carbocycles. The number of nitrogens with one attached hydrogen (secondary N) is 1. The highest BCUT2D eigenvalue weighted by Crippen LogP contribution is 2.33. The van der Waals surface area contributed by atoms with E-state index in [1.165, 1.54) is 0 Å². The molecule has 4 rings (SSSR count). The molecule has 1 saturated heterocycles. The van der Waals surface area contributed by atoms with E-state index in [1.54, 1.807) is 0 Å². The number of halogens is 2.